The first-order chi connectivity index (χ1) is 6.25. The topological polar surface area (TPSA) is 37.4 Å². The van der Waals surface area contributed by atoms with Crippen LogP contribution in [-0.2, 0) is 9.59 Å². The van der Waals surface area contributed by atoms with Gasteiger partial charge >= 0.3 is 0 Å². The Balaban J connectivity index is 2.59. The highest BCUT2D eigenvalue weighted by atomic mass is 16.2. The zero-order valence-corrected chi connectivity index (χ0v) is 7.23. The number of nitrogens with zero attached hydrogens (tertiary/aromatic N) is 1. The number of fused-ring (bicyclic) bond motifs is 1. The van der Waals surface area contributed by atoms with E-state index in [-0.39, 0.29) is 5.91 Å². The molecule has 1 amide bonds. The molecule has 1 atom stereocenters. The number of hydrogen-bond donors (Lipinski definition) is 0. The lowest BCUT2D eigenvalue weighted by atomic mass is 10.0. The Morgan fingerprint density at radius 3 is 2.77 bits per heavy atom. The summed E-state index contributed by atoms with van der Waals surface area (Å²) < 4.78 is 0. The van der Waals surface area contributed by atoms with Crippen LogP contribution in [-0.4, -0.2) is 19.2 Å². The van der Waals surface area contributed by atoms with Gasteiger partial charge in [0.25, 0.3) is 0 Å². The molecule has 2 rings (SSSR count). The second-order valence-corrected chi connectivity index (χ2v) is 3.07. The normalized spacial score (nSPS) is 20.2. The first-order valence-electron chi connectivity index (χ1n) is 4.07. The summed E-state index contributed by atoms with van der Waals surface area (Å²) in [5.74, 6) is -0.739. The van der Waals surface area contributed by atoms with E-state index in [1.807, 2.05) is 24.3 Å². The molecule has 0 aromatic heterocycles. The van der Waals surface area contributed by atoms with Gasteiger partial charge in [0, 0.05) is 12.7 Å². The molecule has 1 heterocycles. The quantitative estimate of drug-likeness (QED) is 0.470. The highest BCUT2D eigenvalue weighted by molar-refractivity contribution is 6.12. The molecule has 1 aromatic carbocycles. The summed E-state index contributed by atoms with van der Waals surface area (Å²) in [5, 5.41) is 0. The number of anilines is 1. The van der Waals surface area contributed by atoms with Crippen LogP contribution in [0.2, 0.25) is 0 Å². The van der Waals surface area contributed by atoms with E-state index in [4.69, 9.17) is 0 Å². The molecule has 3 nitrogen and oxygen atoms in total. The monoisotopic (exact) mass is 175 g/mol. The maximum absolute atomic E-state index is 11.5. The van der Waals surface area contributed by atoms with Gasteiger partial charge in [-0.2, -0.15) is 0 Å². The molecular weight excluding hydrogens is 166 g/mol. The number of amides is 1. The molecule has 0 spiro atoms. The summed E-state index contributed by atoms with van der Waals surface area (Å²) in [6.45, 7) is 0. The Morgan fingerprint density at radius 2 is 2.08 bits per heavy atom. The van der Waals surface area contributed by atoms with E-state index in [1.54, 1.807) is 7.05 Å². The molecule has 1 aliphatic rings. The summed E-state index contributed by atoms with van der Waals surface area (Å²) in [4.78, 5) is 23.7. The van der Waals surface area contributed by atoms with Gasteiger partial charge < -0.3 is 9.69 Å². The fourth-order valence-electron chi connectivity index (χ4n) is 1.65. The molecule has 0 saturated carbocycles. The van der Waals surface area contributed by atoms with Crippen molar-refractivity contribution in [3.63, 3.8) is 0 Å². The van der Waals surface area contributed by atoms with E-state index >= 15 is 0 Å². The summed E-state index contributed by atoms with van der Waals surface area (Å²) in [6, 6.07) is 7.35. The predicted octanol–water partition coefficient (Wildman–Crippen LogP) is 0.945. The number of aldehydes is 1. The van der Waals surface area contributed by atoms with E-state index < -0.39 is 5.92 Å². The van der Waals surface area contributed by atoms with Crippen molar-refractivity contribution in [2.75, 3.05) is 11.9 Å². The number of hydrogen-bond acceptors (Lipinski definition) is 2. The van der Waals surface area contributed by atoms with E-state index in [2.05, 4.69) is 0 Å². The van der Waals surface area contributed by atoms with Crippen molar-refractivity contribution in [3.05, 3.63) is 29.8 Å². The summed E-state index contributed by atoms with van der Waals surface area (Å²) >= 11 is 0. The molecule has 0 N–H and O–H groups in total. The van der Waals surface area contributed by atoms with Crippen molar-refractivity contribution in [2.45, 2.75) is 5.92 Å². The molecule has 13 heavy (non-hydrogen) atoms. The molecule has 0 unspecified atom stereocenters. The standard InChI is InChI=1S/C10H9NO2/c1-11-9-5-3-2-4-7(9)8(6-12)10(11)13/h2-6,8H,1H3/t8-/m0/s1. The van der Waals surface area contributed by atoms with Gasteiger partial charge in [0.05, 0.1) is 0 Å². The van der Waals surface area contributed by atoms with Crippen LogP contribution in [0.15, 0.2) is 24.3 Å². The smallest absolute Gasteiger partial charge is 0.241 e. The van der Waals surface area contributed by atoms with Crippen LogP contribution in [0, 0.1) is 0 Å². The fourth-order valence-corrected chi connectivity index (χ4v) is 1.65. The molecule has 0 bridgehead atoms. The van der Waals surface area contributed by atoms with Crippen molar-refractivity contribution in [2.24, 2.45) is 0 Å². The third kappa shape index (κ3) is 0.967. The predicted molar refractivity (Wildman–Crippen MR) is 48.7 cm³/mol. The highest BCUT2D eigenvalue weighted by Gasteiger charge is 2.34. The Hall–Kier alpha value is -1.64. The highest BCUT2D eigenvalue weighted by Crippen LogP contribution is 2.34. The van der Waals surface area contributed by atoms with E-state index in [1.165, 1.54) is 4.90 Å². The van der Waals surface area contributed by atoms with Crippen LogP contribution < -0.4 is 4.90 Å². The maximum Gasteiger partial charge on any atom is 0.241 e. The van der Waals surface area contributed by atoms with Crippen LogP contribution in [0.1, 0.15) is 11.5 Å². The summed E-state index contributed by atoms with van der Waals surface area (Å²) in [6.07, 6.45) is 0.699. The molecule has 0 saturated heterocycles. The Bertz CT molecular complexity index is 373. The first-order valence-corrected chi connectivity index (χ1v) is 4.07. The van der Waals surface area contributed by atoms with Crippen molar-refractivity contribution < 1.29 is 9.59 Å². The number of likely N-dealkylation sites (N-methyl/N-ethyl adjacent to an activating group) is 1. The Kier molecular flexibility index (Phi) is 1.65. The van der Waals surface area contributed by atoms with E-state index in [9.17, 15) is 9.59 Å². The second kappa shape index (κ2) is 2.69. The molecular formula is C10H9NO2. The molecule has 0 aliphatic carbocycles. The largest absolute Gasteiger partial charge is 0.314 e. The lowest BCUT2D eigenvalue weighted by Crippen LogP contribution is -2.24. The van der Waals surface area contributed by atoms with Crippen LogP contribution >= 0.6 is 0 Å². The van der Waals surface area contributed by atoms with Crippen molar-refractivity contribution in [1.29, 1.82) is 0 Å². The van der Waals surface area contributed by atoms with Gasteiger partial charge in [-0.25, -0.2) is 0 Å². The molecule has 66 valence electrons. The number of benzene rings is 1. The average molecular weight is 175 g/mol. The molecule has 3 heteroatoms. The van der Waals surface area contributed by atoms with Crippen molar-refractivity contribution >= 4 is 17.9 Å². The van der Waals surface area contributed by atoms with Crippen LogP contribution in [0.4, 0.5) is 5.69 Å². The van der Waals surface area contributed by atoms with Gasteiger partial charge in [-0.15, -0.1) is 0 Å². The van der Waals surface area contributed by atoms with Gasteiger partial charge in [-0.1, -0.05) is 18.2 Å². The van der Waals surface area contributed by atoms with Gasteiger partial charge in [0.1, 0.15) is 12.2 Å². The maximum atomic E-state index is 11.5. The zero-order chi connectivity index (χ0) is 9.42. The first kappa shape index (κ1) is 7.98. The summed E-state index contributed by atoms with van der Waals surface area (Å²) in [5.41, 5.74) is 1.65. The number of carbonyl (C=O) groups is 2. The lowest BCUT2D eigenvalue weighted by molar-refractivity contribution is -0.122. The Labute approximate surface area is 76.0 Å². The third-order valence-electron chi connectivity index (χ3n) is 2.37. The van der Waals surface area contributed by atoms with Gasteiger partial charge in [0.15, 0.2) is 0 Å². The molecule has 1 aromatic rings. The average Bonchev–Trinajstić information content (AvgIpc) is 2.41. The van der Waals surface area contributed by atoms with Crippen LogP contribution in [0.5, 0.6) is 0 Å². The second-order valence-electron chi connectivity index (χ2n) is 3.07. The van der Waals surface area contributed by atoms with Gasteiger partial charge in [0.2, 0.25) is 5.91 Å². The minimum atomic E-state index is -0.596. The Morgan fingerprint density at radius 1 is 1.38 bits per heavy atom. The fraction of sp³-hybridized carbons (Fsp3) is 0.200. The van der Waals surface area contributed by atoms with Crippen molar-refractivity contribution in [1.82, 2.24) is 0 Å². The van der Waals surface area contributed by atoms with Gasteiger partial charge in [-0.05, 0) is 11.6 Å². The lowest BCUT2D eigenvalue weighted by Gasteiger charge is -2.08. The summed E-state index contributed by atoms with van der Waals surface area (Å²) in [7, 11) is 1.69. The third-order valence-corrected chi connectivity index (χ3v) is 2.37. The van der Waals surface area contributed by atoms with E-state index in [0.29, 0.717) is 6.29 Å². The van der Waals surface area contributed by atoms with Crippen LogP contribution in [0.25, 0.3) is 0 Å². The zero-order valence-electron chi connectivity index (χ0n) is 7.23. The number of carbonyl (C=O) groups excluding carboxylic acids is 2. The minimum Gasteiger partial charge on any atom is -0.314 e. The van der Waals surface area contributed by atoms with E-state index in [0.717, 1.165) is 11.3 Å². The molecule has 1 aliphatic heterocycles. The van der Waals surface area contributed by atoms with Crippen LogP contribution in [0.3, 0.4) is 0 Å². The number of para-hydroxylation sites is 1. The SMILES string of the molecule is CN1C(=O)[C@@H](C=O)c2ccccc21. The minimum absolute atomic E-state index is 0.142. The molecule has 0 radical (unpaired) electrons. The number of rotatable bonds is 1. The molecule has 0 fully saturated rings. The van der Waals surface area contributed by atoms with Crippen molar-refractivity contribution in [3.8, 4) is 0 Å². The van der Waals surface area contributed by atoms with Gasteiger partial charge in [-0.3, -0.25) is 4.79 Å².